The van der Waals surface area contributed by atoms with Crippen molar-refractivity contribution in [1.29, 1.82) is 0 Å². The summed E-state index contributed by atoms with van der Waals surface area (Å²) in [6.45, 7) is 4.51. The SMILES string of the molecule is CCOc1ccccc1/C=C/C(=O)NC(C)c1ccccc1. The van der Waals surface area contributed by atoms with Crippen LogP contribution in [0.1, 0.15) is 31.0 Å². The number of carbonyl (C=O) groups is 1. The molecule has 2 aromatic rings. The van der Waals surface area contributed by atoms with E-state index in [4.69, 9.17) is 4.74 Å². The molecule has 0 saturated heterocycles. The monoisotopic (exact) mass is 295 g/mol. The van der Waals surface area contributed by atoms with Crippen LogP contribution in [0.15, 0.2) is 60.7 Å². The lowest BCUT2D eigenvalue weighted by Crippen LogP contribution is -2.24. The predicted molar refractivity (Wildman–Crippen MR) is 89.6 cm³/mol. The van der Waals surface area contributed by atoms with Crippen molar-refractivity contribution in [2.75, 3.05) is 6.61 Å². The molecule has 2 rings (SSSR count). The van der Waals surface area contributed by atoms with Gasteiger partial charge >= 0.3 is 0 Å². The first-order chi connectivity index (χ1) is 10.7. The topological polar surface area (TPSA) is 38.3 Å². The highest BCUT2D eigenvalue weighted by molar-refractivity contribution is 5.92. The molecule has 0 bridgehead atoms. The van der Waals surface area contributed by atoms with Crippen LogP contribution in [0.2, 0.25) is 0 Å². The fraction of sp³-hybridized carbons (Fsp3) is 0.211. The number of benzene rings is 2. The zero-order valence-corrected chi connectivity index (χ0v) is 13.0. The second-order valence-electron chi connectivity index (χ2n) is 4.95. The van der Waals surface area contributed by atoms with Crippen LogP contribution in [0.3, 0.4) is 0 Å². The van der Waals surface area contributed by atoms with Crippen LogP contribution < -0.4 is 10.1 Å². The Hall–Kier alpha value is -2.55. The summed E-state index contributed by atoms with van der Waals surface area (Å²) >= 11 is 0. The summed E-state index contributed by atoms with van der Waals surface area (Å²) in [4.78, 5) is 12.0. The highest BCUT2D eigenvalue weighted by atomic mass is 16.5. The van der Waals surface area contributed by atoms with Gasteiger partial charge in [-0.2, -0.15) is 0 Å². The molecule has 0 radical (unpaired) electrons. The van der Waals surface area contributed by atoms with E-state index >= 15 is 0 Å². The number of carbonyl (C=O) groups excluding carboxylic acids is 1. The van der Waals surface area contributed by atoms with Crippen LogP contribution in [0, 0.1) is 0 Å². The smallest absolute Gasteiger partial charge is 0.244 e. The Balaban J connectivity index is 2.00. The van der Waals surface area contributed by atoms with Gasteiger partial charge in [-0.1, -0.05) is 48.5 Å². The summed E-state index contributed by atoms with van der Waals surface area (Å²) in [7, 11) is 0. The predicted octanol–water partition coefficient (Wildman–Crippen LogP) is 3.98. The maximum Gasteiger partial charge on any atom is 0.244 e. The molecule has 1 atom stereocenters. The van der Waals surface area contributed by atoms with Crippen LogP contribution >= 0.6 is 0 Å². The van der Waals surface area contributed by atoms with E-state index in [0.717, 1.165) is 16.9 Å². The van der Waals surface area contributed by atoms with E-state index in [2.05, 4.69) is 5.32 Å². The molecular weight excluding hydrogens is 274 g/mol. The van der Waals surface area contributed by atoms with Crippen molar-refractivity contribution < 1.29 is 9.53 Å². The van der Waals surface area contributed by atoms with E-state index in [1.54, 1.807) is 6.08 Å². The second-order valence-corrected chi connectivity index (χ2v) is 4.95. The van der Waals surface area contributed by atoms with E-state index < -0.39 is 0 Å². The Kier molecular flexibility index (Phi) is 5.78. The summed E-state index contributed by atoms with van der Waals surface area (Å²) in [5.74, 6) is 0.660. The van der Waals surface area contributed by atoms with E-state index in [-0.39, 0.29) is 11.9 Å². The van der Waals surface area contributed by atoms with Crippen LogP contribution in [-0.4, -0.2) is 12.5 Å². The lowest BCUT2D eigenvalue weighted by Gasteiger charge is -2.12. The molecule has 3 heteroatoms. The molecule has 2 aromatic carbocycles. The summed E-state index contributed by atoms with van der Waals surface area (Å²) < 4.78 is 5.54. The fourth-order valence-corrected chi connectivity index (χ4v) is 2.16. The minimum Gasteiger partial charge on any atom is -0.493 e. The zero-order chi connectivity index (χ0) is 15.8. The normalized spacial score (nSPS) is 12.1. The van der Waals surface area contributed by atoms with E-state index in [1.807, 2.05) is 68.4 Å². The van der Waals surface area contributed by atoms with Gasteiger partial charge in [-0.3, -0.25) is 4.79 Å². The van der Waals surface area contributed by atoms with Gasteiger partial charge in [0.25, 0.3) is 0 Å². The van der Waals surface area contributed by atoms with E-state index in [0.29, 0.717) is 6.61 Å². The molecule has 0 aliphatic carbocycles. The second kappa shape index (κ2) is 8.03. The number of hydrogen-bond donors (Lipinski definition) is 1. The van der Waals surface area contributed by atoms with Crippen LogP contribution in [0.5, 0.6) is 5.75 Å². The van der Waals surface area contributed by atoms with Crippen molar-refractivity contribution in [3.8, 4) is 5.75 Å². The van der Waals surface area contributed by atoms with E-state index in [9.17, 15) is 4.79 Å². The number of para-hydroxylation sites is 1. The summed E-state index contributed by atoms with van der Waals surface area (Å²) in [5, 5.41) is 2.95. The Labute approximate surface area is 131 Å². The average Bonchev–Trinajstić information content (AvgIpc) is 2.55. The molecule has 0 aromatic heterocycles. The third-order valence-corrected chi connectivity index (χ3v) is 3.29. The molecule has 1 amide bonds. The largest absolute Gasteiger partial charge is 0.493 e. The lowest BCUT2D eigenvalue weighted by molar-refractivity contribution is -0.117. The van der Waals surface area contributed by atoms with Crippen molar-refractivity contribution >= 4 is 12.0 Å². The van der Waals surface area contributed by atoms with Crippen molar-refractivity contribution in [2.24, 2.45) is 0 Å². The summed E-state index contributed by atoms with van der Waals surface area (Å²) in [6, 6.07) is 17.5. The third kappa shape index (κ3) is 4.48. The standard InChI is InChI=1S/C19H21NO2/c1-3-22-18-12-8-7-11-17(18)13-14-19(21)20-15(2)16-9-5-4-6-10-16/h4-15H,3H2,1-2H3,(H,20,21)/b14-13+. The van der Waals surface area contributed by atoms with Crippen LogP contribution in [0.25, 0.3) is 6.08 Å². The first-order valence-corrected chi connectivity index (χ1v) is 7.46. The van der Waals surface area contributed by atoms with Crippen LogP contribution in [-0.2, 0) is 4.79 Å². The van der Waals surface area contributed by atoms with Gasteiger partial charge in [-0.15, -0.1) is 0 Å². The van der Waals surface area contributed by atoms with Crippen molar-refractivity contribution in [3.63, 3.8) is 0 Å². The zero-order valence-electron chi connectivity index (χ0n) is 13.0. The Morgan fingerprint density at radius 2 is 1.82 bits per heavy atom. The number of ether oxygens (including phenoxy) is 1. The number of hydrogen-bond acceptors (Lipinski definition) is 2. The Morgan fingerprint density at radius 3 is 2.55 bits per heavy atom. The molecule has 0 heterocycles. The minimum atomic E-state index is -0.123. The molecule has 1 N–H and O–H groups in total. The number of amides is 1. The first-order valence-electron chi connectivity index (χ1n) is 7.46. The molecule has 3 nitrogen and oxygen atoms in total. The first kappa shape index (κ1) is 15.8. The van der Waals surface area contributed by atoms with Gasteiger partial charge in [-0.05, 0) is 31.6 Å². The highest BCUT2D eigenvalue weighted by Gasteiger charge is 2.06. The molecule has 22 heavy (non-hydrogen) atoms. The highest BCUT2D eigenvalue weighted by Crippen LogP contribution is 2.19. The molecular formula is C19H21NO2. The molecule has 1 unspecified atom stereocenters. The minimum absolute atomic E-state index is 0.0273. The summed E-state index contributed by atoms with van der Waals surface area (Å²) in [6.07, 6.45) is 3.31. The fourth-order valence-electron chi connectivity index (χ4n) is 2.16. The summed E-state index contributed by atoms with van der Waals surface area (Å²) in [5.41, 5.74) is 1.98. The van der Waals surface area contributed by atoms with Gasteiger partial charge in [0.15, 0.2) is 0 Å². The van der Waals surface area contributed by atoms with Gasteiger partial charge < -0.3 is 10.1 Å². The molecule has 0 aliphatic rings. The maximum atomic E-state index is 12.0. The molecule has 0 aliphatic heterocycles. The quantitative estimate of drug-likeness (QED) is 0.819. The molecule has 0 fully saturated rings. The van der Waals surface area contributed by atoms with E-state index in [1.165, 1.54) is 6.08 Å². The van der Waals surface area contributed by atoms with Crippen LogP contribution in [0.4, 0.5) is 0 Å². The lowest BCUT2D eigenvalue weighted by atomic mass is 10.1. The van der Waals surface area contributed by atoms with Gasteiger partial charge in [0.05, 0.1) is 12.6 Å². The van der Waals surface area contributed by atoms with Crippen molar-refractivity contribution in [2.45, 2.75) is 19.9 Å². The number of nitrogens with one attached hydrogen (secondary N) is 1. The van der Waals surface area contributed by atoms with Gasteiger partial charge in [0, 0.05) is 11.6 Å². The van der Waals surface area contributed by atoms with Crippen molar-refractivity contribution in [1.82, 2.24) is 5.32 Å². The average molecular weight is 295 g/mol. The molecule has 0 spiro atoms. The van der Waals surface area contributed by atoms with Gasteiger partial charge in [-0.25, -0.2) is 0 Å². The maximum absolute atomic E-state index is 12.0. The molecule has 0 saturated carbocycles. The van der Waals surface area contributed by atoms with Crippen molar-refractivity contribution in [3.05, 3.63) is 71.8 Å². The Morgan fingerprint density at radius 1 is 1.14 bits per heavy atom. The number of rotatable bonds is 6. The molecule has 114 valence electrons. The third-order valence-electron chi connectivity index (χ3n) is 3.29. The van der Waals surface area contributed by atoms with Gasteiger partial charge in [0.2, 0.25) is 5.91 Å². The van der Waals surface area contributed by atoms with Gasteiger partial charge in [0.1, 0.15) is 5.75 Å². The Bertz CT molecular complexity index is 635.